The highest BCUT2D eigenvalue weighted by molar-refractivity contribution is 6.25. The van der Waals surface area contributed by atoms with E-state index in [4.69, 9.17) is 9.97 Å². The lowest BCUT2D eigenvalue weighted by Crippen LogP contribution is -2.15. The van der Waals surface area contributed by atoms with Crippen molar-refractivity contribution in [1.82, 2.24) is 14.4 Å². The second-order valence-corrected chi connectivity index (χ2v) is 9.48. The van der Waals surface area contributed by atoms with Gasteiger partial charge in [0.2, 0.25) is 0 Å². The van der Waals surface area contributed by atoms with Crippen molar-refractivity contribution in [2.45, 2.75) is 19.3 Å². The third-order valence-corrected chi connectivity index (χ3v) is 7.47. The molecular formula is C29H19N3. The van der Waals surface area contributed by atoms with Gasteiger partial charge in [-0.2, -0.15) is 0 Å². The Morgan fingerprint density at radius 1 is 0.719 bits per heavy atom. The normalized spacial score (nSPS) is 14.8. The fraction of sp³-hybridized carbons (Fsp3) is 0.103. The average molecular weight is 409 g/mol. The largest absolute Gasteiger partial charge is 0.291 e. The fourth-order valence-corrected chi connectivity index (χ4v) is 6.15. The summed E-state index contributed by atoms with van der Waals surface area (Å²) in [5.41, 5.74) is 11.6. The van der Waals surface area contributed by atoms with Crippen LogP contribution in [0, 0.1) is 0 Å². The Labute approximate surface area is 184 Å². The summed E-state index contributed by atoms with van der Waals surface area (Å²) in [6.07, 6.45) is 0. The number of benzene rings is 4. The van der Waals surface area contributed by atoms with E-state index in [0.717, 1.165) is 22.2 Å². The predicted octanol–water partition coefficient (Wildman–Crippen LogP) is 7.09. The third kappa shape index (κ3) is 1.73. The van der Waals surface area contributed by atoms with Gasteiger partial charge in [0.1, 0.15) is 5.52 Å². The van der Waals surface area contributed by atoms with E-state index in [1.54, 1.807) is 0 Å². The summed E-state index contributed by atoms with van der Waals surface area (Å²) in [6, 6.07) is 28.1. The van der Waals surface area contributed by atoms with E-state index in [0.29, 0.717) is 0 Å². The smallest absolute Gasteiger partial charge is 0.165 e. The minimum atomic E-state index is -0.105. The number of hydrogen-bond acceptors (Lipinski definition) is 2. The van der Waals surface area contributed by atoms with Crippen LogP contribution in [0.25, 0.3) is 60.5 Å². The first-order chi connectivity index (χ1) is 15.6. The standard InChI is InChI=1S/C29H19N3/c1-29(2)20-11-5-3-9-16(20)18-15-19-17-10-4-8-14-23(17)32-27(19)24(25(18)29)26-28(32)31-22-13-7-6-12-21(22)30-26/h3-15H,1-2H3. The highest BCUT2D eigenvalue weighted by Gasteiger charge is 2.39. The molecule has 0 N–H and O–H groups in total. The molecule has 1 aliphatic carbocycles. The maximum Gasteiger partial charge on any atom is 0.165 e. The molecule has 0 amide bonds. The van der Waals surface area contributed by atoms with Crippen molar-refractivity contribution in [3.05, 3.63) is 90.0 Å². The SMILES string of the molecule is CC1(C)c2ccccc2-c2cc3c4ccccc4n4c5nc6ccccc6nc5c(c21)c34. The van der Waals surface area contributed by atoms with Crippen molar-refractivity contribution in [2.75, 3.05) is 0 Å². The van der Waals surface area contributed by atoms with E-state index in [1.807, 2.05) is 12.1 Å². The van der Waals surface area contributed by atoms with Gasteiger partial charge >= 0.3 is 0 Å². The number of para-hydroxylation sites is 3. The Bertz CT molecular complexity index is 1910. The first-order valence-corrected chi connectivity index (χ1v) is 11.1. The summed E-state index contributed by atoms with van der Waals surface area (Å²) in [5.74, 6) is 0. The van der Waals surface area contributed by atoms with Gasteiger partial charge in [-0.25, -0.2) is 9.97 Å². The molecule has 0 atom stereocenters. The molecular weight excluding hydrogens is 390 g/mol. The molecule has 3 aromatic heterocycles. The monoisotopic (exact) mass is 409 g/mol. The van der Waals surface area contributed by atoms with Gasteiger partial charge < -0.3 is 0 Å². The molecule has 4 aromatic carbocycles. The molecule has 3 heterocycles. The first kappa shape index (κ1) is 16.7. The van der Waals surface area contributed by atoms with Crippen LogP contribution in [0.4, 0.5) is 0 Å². The Hall–Kier alpha value is -3.98. The van der Waals surface area contributed by atoms with E-state index in [2.05, 4.69) is 85.0 Å². The van der Waals surface area contributed by atoms with Crippen molar-refractivity contribution in [3.63, 3.8) is 0 Å². The summed E-state index contributed by atoms with van der Waals surface area (Å²) in [7, 11) is 0. The number of rotatable bonds is 0. The van der Waals surface area contributed by atoms with Crippen molar-refractivity contribution < 1.29 is 0 Å². The summed E-state index contributed by atoms with van der Waals surface area (Å²) in [4.78, 5) is 10.3. The van der Waals surface area contributed by atoms with Gasteiger partial charge in [-0.05, 0) is 46.5 Å². The molecule has 32 heavy (non-hydrogen) atoms. The minimum Gasteiger partial charge on any atom is -0.291 e. The zero-order valence-corrected chi connectivity index (χ0v) is 17.8. The van der Waals surface area contributed by atoms with Gasteiger partial charge in [-0.1, -0.05) is 68.4 Å². The van der Waals surface area contributed by atoms with E-state index >= 15 is 0 Å². The van der Waals surface area contributed by atoms with Gasteiger partial charge in [-0.15, -0.1) is 0 Å². The molecule has 0 saturated heterocycles. The molecule has 0 aliphatic heterocycles. The van der Waals surface area contributed by atoms with Crippen LogP contribution >= 0.6 is 0 Å². The van der Waals surface area contributed by atoms with Crippen LogP contribution in [-0.2, 0) is 5.41 Å². The Morgan fingerprint density at radius 3 is 2.31 bits per heavy atom. The van der Waals surface area contributed by atoms with Gasteiger partial charge in [0.15, 0.2) is 5.65 Å². The molecule has 0 spiro atoms. The van der Waals surface area contributed by atoms with E-state index in [1.165, 1.54) is 49.4 Å². The van der Waals surface area contributed by atoms with Gasteiger partial charge in [0, 0.05) is 21.6 Å². The lowest BCUT2D eigenvalue weighted by atomic mass is 9.80. The van der Waals surface area contributed by atoms with E-state index < -0.39 is 0 Å². The summed E-state index contributed by atoms with van der Waals surface area (Å²) in [5, 5.41) is 3.81. The lowest BCUT2D eigenvalue weighted by molar-refractivity contribution is 0.666. The van der Waals surface area contributed by atoms with Crippen LogP contribution < -0.4 is 0 Å². The van der Waals surface area contributed by atoms with Crippen molar-refractivity contribution in [1.29, 1.82) is 0 Å². The summed E-state index contributed by atoms with van der Waals surface area (Å²) < 4.78 is 2.34. The zero-order chi connectivity index (χ0) is 21.2. The highest BCUT2D eigenvalue weighted by atomic mass is 15.0. The molecule has 0 saturated carbocycles. The van der Waals surface area contributed by atoms with Crippen LogP contribution in [0.15, 0.2) is 78.9 Å². The van der Waals surface area contributed by atoms with Gasteiger partial charge in [-0.3, -0.25) is 4.40 Å². The molecule has 8 rings (SSSR count). The summed E-state index contributed by atoms with van der Waals surface area (Å²) >= 11 is 0. The van der Waals surface area contributed by atoms with Crippen molar-refractivity contribution >= 4 is 49.4 Å². The molecule has 1 aliphatic rings. The molecule has 3 heteroatoms. The quantitative estimate of drug-likeness (QED) is 0.268. The van der Waals surface area contributed by atoms with Crippen molar-refractivity contribution in [3.8, 4) is 11.1 Å². The number of fused-ring (bicyclic) bond motifs is 11. The number of nitrogens with zero attached hydrogens (tertiary/aromatic N) is 3. The van der Waals surface area contributed by atoms with Crippen LogP contribution in [0.1, 0.15) is 25.0 Å². The maximum absolute atomic E-state index is 5.20. The Morgan fingerprint density at radius 2 is 1.44 bits per heavy atom. The van der Waals surface area contributed by atoms with Gasteiger partial charge in [0.05, 0.1) is 22.1 Å². The maximum atomic E-state index is 5.20. The number of aromatic nitrogens is 3. The average Bonchev–Trinajstić information content (AvgIpc) is 3.40. The van der Waals surface area contributed by atoms with Crippen LogP contribution in [0.2, 0.25) is 0 Å². The molecule has 0 bridgehead atoms. The second kappa shape index (κ2) is 5.25. The molecule has 0 fully saturated rings. The fourth-order valence-electron chi connectivity index (χ4n) is 6.15. The van der Waals surface area contributed by atoms with E-state index in [-0.39, 0.29) is 5.41 Å². The highest BCUT2D eigenvalue weighted by Crippen LogP contribution is 2.54. The minimum absolute atomic E-state index is 0.105. The van der Waals surface area contributed by atoms with Crippen LogP contribution in [0.5, 0.6) is 0 Å². The lowest BCUT2D eigenvalue weighted by Gasteiger charge is -2.22. The molecule has 7 aromatic rings. The molecule has 0 radical (unpaired) electrons. The molecule has 3 nitrogen and oxygen atoms in total. The van der Waals surface area contributed by atoms with Crippen LogP contribution in [-0.4, -0.2) is 14.4 Å². The van der Waals surface area contributed by atoms with E-state index in [9.17, 15) is 0 Å². The summed E-state index contributed by atoms with van der Waals surface area (Å²) in [6.45, 7) is 4.69. The molecule has 0 unspecified atom stereocenters. The predicted molar refractivity (Wildman–Crippen MR) is 132 cm³/mol. The van der Waals surface area contributed by atoms with Crippen LogP contribution in [0.3, 0.4) is 0 Å². The first-order valence-electron chi connectivity index (χ1n) is 11.1. The zero-order valence-electron chi connectivity index (χ0n) is 17.8. The van der Waals surface area contributed by atoms with Gasteiger partial charge in [0.25, 0.3) is 0 Å². The molecule has 150 valence electrons. The Kier molecular flexibility index (Phi) is 2.74. The number of hydrogen-bond donors (Lipinski definition) is 0. The topological polar surface area (TPSA) is 30.2 Å². The second-order valence-electron chi connectivity index (χ2n) is 9.48. The third-order valence-electron chi connectivity index (χ3n) is 7.47. The van der Waals surface area contributed by atoms with Crippen molar-refractivity contribution in [2.24, 2.45) is 0 Å². The Balaban J connectivity index is 1.74.